The summed E-state index contributed by atoms with van der Waals surface area (Å²) < 4.78 is 5.67. The van der Waals surface area contributed by atoms with Crippen LogP contribution in [0.2, 0.25) is 10.0 Å². The van der Waals surface area contributed by atoms with Gasteiger partial charge in [-0.05, 0) is 37.5 Å². The van der Waals surface area contributed by atoms with Crippen molar-refractivity contribution in [2.45, 2.75) is 50.9 Å². The molecule has 0 N–H and O–H groups in total. The first kappa shape index (κ1) is 22.6. The number of halogens is 2. The zero-order valence-corrected chi connectivity index (χ0v) is 19.9. The lowest BCUT2D eigenvalue weighted by molar-refractivity contribution is -0.131. The first-order chi connectivity index (χ1) is 15.1. The lowest BCUT2D eigenvalue weighted by atomic mass is 9.90. The summed E-state index contributed by atoms with van der Waals surface area (Å²) in [6.45, 7) is 3.51. The second kappa shape index (κ2) is 10.8. The minimum atomic E-state index is 0.172. The molecule has 0 unspecified atom stereocenters. The van der Waals surface area contributed by atoms with E-state index in [4.69, 9.17) is 27.9 Å². The predicted octanol–water partition coefficient (Wildman–Crippen LogP) is 5.40. The number of rotatable bonds is 7. The Bertz CT molecular complexity index is 880. The highest BCUT2D eigenvalue weighted by Gasteiger charge is 2.25. The summed E-state index contributed by atoms with van der Waals surface area (Å²) in [6.07, 6.45) is 7.56. The molecule has 1 saturated heterocycles. The minimum Gasteiger partial charge on any atom is -0.492 e. The van der Waals surface area contributed by atoms with Crippen LogP contribution in [-0.4, -0.2) is 53.8 Å². The van der Waals surface area contributed by atoms with Gasteiger partial charge in [0.25, 0.3) is 0 Å². The molecule has 1 aromatic heterocycles. The first-order valence-electron chi connectivity index (χ1n) is 11.0. The smallest absolute Gasteiger partial charge is 0.222 e. The van der Waals surface area contributed by atoms with Crippen LogP contribution in [0.15, 0.2) is 18.2 Å². The van der Waals surface area contributed by atoms with Gasteiger partial charge in [-0.1, -0.05) is 53.8 Å². The van der Waals surface area contributed by atoms with E-state index in [0.29, 0.717) is 41.2 Å². The molecule has 2 fully saturated rings. The van der Waals surface area contributed by atoms with Crippen LogP contribution >= 0.6 is 34.5 Å². The Labute approximate surface area is 197 Å². The summed E-state index contributed by atoms with van der Waals surface area (Å²) in [5.74, 6) is 1.36. The summed E-state index contributed by atoms with van der Waals surface area (Å²) in [6, 6.07) is 5.14. The molecule has 6 nitrogen and oxygen atoms in total. The summed E-state index contributed by atoms with van der Waals surface area (Å²) in [4.78, 5) is 16.8. The third-order valence-electron chi connectivity index (χ3n) is 5.97. The molecule has 168 valence electrons. The molecule has 0 atom stereocenters. The van der Waals surface area contributed by atoms with Gasteiger partial charge in [-0.15, -0.1) is 10.2 Å². The van der Waals surface area contributed by atoms with Gasteiger partial charge in [-0.2, -0.15) is 0 Å². The molecular weight excluding hydrogens is 455 g/mol. The molecular formula is C22H28Cl2N4O2S. The molecule has 2 aromatic rings. The molecule has 1 amide bonds. The average Bonchev–Trinajstić information content (AvgIpc) is 3.29. The number of benzene rings is 1. The molecule has 9 heteroatoms. The maximum atomic E-state index is 12.6. The third-order valence-corrected chi connectivity index (χ3v) is 7.65. The van der Waals surface area contributed by atoms with Crippen LogP contribution in [0.4, 0.5) is 5.13 Å². The van der Waals surface area contributed by atoms with E-state index in [1.165, 1.54) is 37.1 Å². The number of carbonyl (C=O) groups excluding carboxylic acids is 1. The Balaban J connectivity index is 1.18. The molecule has 1 saturated carbocycles. The summed E-state index contributed by atoms with van der Waals surface area (Å²) >= 11 is 13.7. The number of aromatic nitrogens is 2. The minimum absolute atomic E-state index is 0.172. The van der Waals surface area contributed by atoms with Crippen LogP contribution in [0.1, 0.15) is 55.9 Å². The Hall–Kier alpha value is -1.57. The largest absolute Gasteiger partial charge is 0.492 e. The van der Waals surface area contributed by atoms with Crippen molar-refractivity contribution in [1.29, 1.82) is 0 Å². The number of hydrogen-bond acceptors (Lipinski definition) is 6. The molecule has 0 spiro atoms. The van der Waals surface area contributed by atoms with E-state index in [0.717, 1.165) is 31.3 Å². The topological polar surface area (TPSA) is 58.6 Å². The quantitative estimate of drug-likeness (QED) is 0.494. The van der Waals surface area contributed by atoms with E-state index in [1.807, 2.05) is 4.90 Å². The Kier molecular flexibility index (Phi) is 7.91. The van der Waals surface area contributed by atoms with Crippen LogP contribution < -0.4 is 9.64 Å². The fraction of sp³-hybridized carbons (Fsp3) is 0.591. The normalized spacial score (nSPS) is 17.7. The second-order valence-electron chi connectivity index (χ2n) is 8.15. The molecule has 2 aliphatic rings. The van der Waals surface area contributed by atoms with E-state index >= 15 is 0 Å². The monoisotopic (exact) mass is 482 g/mol. The van der Waals surface area contributed by atoms with Crippen molar-refractivity contribution in [2.24, 2.45) is 0 Å². The van der Waals surface area contributed by atoms with Gasteiger partial charge in [-0.3, -0.25) is 4.79 Å². The van der Waals surface area contributed by atoms with Crippen molar-refractivity contribution < 1.29 is 9.53 Å². The number of amides is 1. The number of carbonyl (C=O) groups is 1. The molecule has 1 aromatic carbocycles. The van der Waals surface area contributed by atoms with Gasteiger partial charge in [0.05, 0.1) is 11.6 Å². The standard InChI is InChI=1S/C22H28Cl2N4O2S/c23-17-8-9-19(18(24)15-17)30-14-4-7-20(29)27-10-12-28(13-11-27)22-26-25-21(31-22)16-5-2-1-3-6-16/h8-9,15-16H,1-7,10-14H2. The summed E-state index contributed by atoms with van der Waals surface area (Å²) in [7, 11) is 0. The lowest BCUT2D eigenvalue weighted by Crippen LogP contribution is -2.48. The number of piperazine rings is 1. The van der Waals surface area contributed by atoms with E-state index < -0.39 is 0 Å². The summed E-state index contributed by atoms with van der Waals surface area (Å²) in [5, 5.41) is 12.2. The number of ether oxygens (including phenoxy) is 1. The molecule has 4 rings (SSSR count). The molecule has 0 radical (unpaired) electrons. The van der Waals surface area contributed by atoms with Gasteiger partial charge >= 0.3 is 0 Å². The van der Waals surface area contributed by atoms with Crippen LogP contribution in [0.3, 0.4) is 0 Å². The van der Waals surface area contributed by atoms with E-state index in [2.05, 4.69) is 15.1 Å². The Morgan fingerprint density at radius 1 is 1.10 bits per heavy atom. The number of nitrogens with zero attached hydrogens (tertiary/aromatic N) is 4. The predicted molar refractivity (Wildman–Crippen MR) is 126 cm³/mol. The van der Waals surface area contributed by atoms with Crippen molar-refractivity contribution in [1.82, 2.24) is 15.1 Å². The van der Waals surface area contributed by atoms with Crippen LogP contribution in [0, 0.1) is 0 Å². The maximum absolute atomic E-state index is 12.6. The van der Waals surface area contributed by atoms with Crippen molar-refractivity contribution in [3.05, 3.63) is 33.3 Å². The zero-order chi connectivity index (χ0) is 21.6. The highest BCUT2D eigenvalue weighted by atomic mass is 35.5. The van der Waals surface area contributed by atoms with Gasteiger partial charge < -0.3 is 14.5 Å². The lowest BCUT2D eigenvalue weighted by Gasteiger charge is -2.34. The van der Waals surface area contributed by atoms with Crippen molar-refractivity contribution in [2.75, 3.05) is 37.7 Å². The third kappa shape index (κ3) is 6.02. The molecule has 1 aliphatic heterocycles. The van der Waals surface area contributed by atoms with Crippen molar-refractivity contribution in [3.63, 3.8) is 0 Å². The summed E-state index contributed by atoms with van der Waals surface area (Å²) in [5.41, 5.74) is 0. The van der Waals surface area contributed by atoms with E-state index in [1.54, 1.807) is 29.5 Å². The van der Waals surface area contributed by atoms with Gasteiger partial charge in [0, 0.05) is 43.5 Å². The molecule has 2 heterocycles. The SMILES string of the molecule is O=C(CCCOc1ccc(Cl)cc1Cl)N1CCN(c2nnc(C3CCCCC3)s2)CC1. The van der Waals surface area contributed by atoms with Crippen LogP contribution in [0.25, 0.3) is 0 Å². The molecule has 1 aliphatic carbocycles. The Morgan fingerprint density at radius 2 is 1.87 bits per heavy atom. The first-order valence-corrected chi connectivity index (χ1v) is 12.6. The number of hydrogen-bond donors (Lipinski definition) is 0. The fourth-order valence-corrected chi connectivity index (χ4v) is 5.70. The van der Waals surface area contributed by atoms with Crippen LogP contribution in [0.5, 0.6) is 5.75 Å². The maximum Gasteiger partial charge on any atom is 0.222 e. The number of anilines is 1. The fourth-order valence-electron chi connectivity index (χ4n) is 4.17. The van der Waals surface area contributed by atoms with E-state index in [-0.39, 0.29) is 5.91 Å². The Morgan fingerprint density at radius 3 is 2.61 bits per heavy atom. The van der Waals surface area contributed by atoms with Gasteiger partial charge in [0.1, 0.15) is 10.8 Å². The highest BCUT2D eigenvalue weighted by Crippen LogP contribution is 2.36. The van der Waals surface area contributed by atoms with Crippen molar-refractivity contribution in [3.8, 4) is 5.75 Å². The average molecular weight is 483 g/mol. The van der Waals surface area contributed by atoms with E-state index in [9.17, 15) is 4.79 Å². The van der Waals surface area contributed by atoms with Crippen molar-refractivity contribution >= 4 is 45.6 Å². The zero-order valence-electron chi connectivity index (χ0n) is 17.6. The van der Waals surface area contributed by atoms with Gasteiger partial charge in [0.15, 0.2) is 0 Å². The highest BCUT2D eigenvalue weighted by molar-refractivity contribution is 7.15. The molecule has 31 heavy (non-hydrogen) atoms. The van der Waals surface area contributed by atoms with Crippen LogP contribution in [-0.2, 0) is 4.79 Å². The van der Waals surface area contributed by atoms with Gasteiger partial charge in [0.2, 0.25) is 11.0 Å². The molecule has 0 bridgehead atoms. The second-order valence-corrected chi connectivity index (χ2v) is 9.98. The van der Waals surface area contributed by atoms with Gasteiger partial charge in [-0.25, -0.2) is 0 Å².